The molecule has 3 N–H and O–H groups in total. The first-order chi connectivity index (χ1) is 6.36. The SMILES string of the molecule is O/N=C1\N=C(NO)[C@@H]2CCCC[C@H]12. The summed E-state index contributed by atoms with van der Waals surface area (Å²) in [7, 11) is 0. The first-order valence-corrected chi connectivity index (χ1v) is 4.57. The van der Waals surface area contributed by atoms with Crippen LogP contribution in [0.5, 0.6) is 0 Å². The molecule has 1 heterocycles. The van der Waals surface area contributed by atoms with Gasteiger partial charge in [0.15, 0.2) is 5.84 Å². The second kappa shape index (κ2) is 3.33. The van der Waals surface area contributed by atoms with Gasteiger partial charge in [-0.15, -0.1) is 0 Å². The maximum absolute atomic E-state index is 8.80. The summed E-state index contributed by atoms with van der Waals surface area (Å²) in [5.41, 5.74) is 2.09. The Morgan fingerprint density at radius 2 is 2.00 bits per heavy atom. The normalized spacial score (nSPS) is 35.8. The lowest BCUT2D eigenvalue weighted by Gasteiger charge is -2.24. The Hall–Kier alpha value is -1.10. The van der Waals surface area contributed by atoms with Gasteiger partial charge in [0.1, 0.15) is 5.84 Å². The summed E-state index contributed by atoms with van der Waals surface area (Å²) in [5, 5.41) is 20.6. The number of aliphatic imine (C=N–C) groups is 1. The predicted molar refractivity (Wildman–Crippen MR) is 47.0 cm³/mol. The van der Waals surface area contributed by atoms with Gasteiger partial charge >= 0.3 is 0 Å². The topological polar surface area (TPSA) is 77.2 Å². The predicted octanol–water partition coefficient (Wildman–Crippen LogP) is 0.971. The lowest BCUT2D eigenvalue weighted by molar-refractivity contribution is 0.221. The molecule has 1 aliphatic heterocycles. The van der Waals surface area contributed by atoms with Gasteiger partial charge in [-0.2, -0.15) is 0 Å². The monoisotopic (exact) mass is 183 g/mol. The van der Waals surface area contributed by atoms with E-state index in [4.69, 9.17) is 10.4 Å². The standard InChI is InChI=1S/C8H13N3O2/c12-10-7-5-3-1-2-4-6(5)8(9-7)11-13/h5-6,12-13H,1-4H2,(H,9,10,11)/t5-,6+. The zero-order valence-corrected chi connectivity index (χ0v) is 7.27. The van der Waals surface area contributed by atoms with Crippen molar-refractivity contribution < 1.29 is 10.4 Å². The molecule has 2 atom stereocenters. The third kappa shape index (κ3) is 1.29. The smallest absolute Gasteiger partial charge is 0.173 e. The van der Waals surface area contributed by atoms with Gasteiger partial charge in [-0.1, -0.05) is 18.0 Å². The van der Waals surface area contributed by atoms with Crippen LogP contribution in [0.3, 0.4) is 0 Å². The van der Waals surface area contributed by atoms with Crippen molar-refractivity contribution in [1.82, 2.24) is 5.48 Å². The Kier molecular flexibility index (Phi) is 2.18. The number of nitrogens with one attached hydrogen (secondary N) is 1. The van der Waals surface area contributed by atoms with Crippen LogP contribution in [-0.2, 0) is 0 Å². The van der Waals surface area contributed by atoms with E-state index in [0.29, 0.717) is 11.7 Å². The molecule has 2 aliphatic rings. The van der Waals surface area contributed by atoms with Gasteiger partial charge in [-0.25, -0.2) is 4.99 Å². The summed E-state index contributed by atoms with van der Waals surface area (Å²) < 4.78 is 0. The maximum Gasteiger partial charge on any atom is 0.173 e. The minimum absolute atomic E-state index is 0.202. The molecule has 72 valence electrons. The molecule has 0 amide bonds. The number of fused-ring (bicyclic) bond motifs is 1. The van der Waals surface area contributed by atoms with Gasteiger partial charge in [0.05, 0.1) is 0 Å². The van der Waals surface area contributed by atoms with Gasteiger partial charge in [-0.3, -0.25) is 10.7 Å². The van der Waals surface area contributed by atoms with Gasteiger partial charge in [-0.05, 0) is 12.8 Å². The highest BCUT2D eigenvalue weighted by atomic mass is 16.5. The quantitative estimate of drug-likeness (QED) is 0.387. The molecule has 1 aliphatic carbocycles. The Bertz CT molecular complexity index is 262. The van der Waals surface area contributed by atoms with E-state index in [-0.39, 0.29) is 11.8 Å². The van der Waals surface area contributed by atoms with E-state index >= 15 is 0 Å². The Morgan fingerprint density at radius 3 is 2.62 bits per heavy atom. The van der Waals surface area contributed by atoms with E-state index in [0.717, 1.165) is 25.7 Å². The van der Waals surface area contributed by atoms with Crippen LogP contribution < -0.4 is 5.48 Å². The van der Waals surface area contributed by atoms with Crippen molar-refractivity contribution in [1.29, 1.82) is 0 Å². The average molecular weight is 183 g/mol. The fraction of sp³-hybridized carbons (Fsp3) is 0.750. The molecule has 5 nitrogen and oxygen atoms in total. The molecule has 1 saturated carbocycles. The zero-order valence-electron chi connectivity index (χ0n) is 7.27. The first-order valence-electron chi connectivity index (χ1n) is 4.57. The number of oxime groups is 1. The number of hydroxylamine groups is 1. The summed E-state index contributed by atoms with van der Waals surface area (Å²) in [4.78, 5) is 4.03. The van der Waals surface area contributed by atoms with E-state index in [1.54, 1.807) is 0 Å². The molecule has 1 fully saturated rings. The molecule has 0 aromatic carbocycles. The summed E-state index contributed by atoms with van der Waals surface area (Å²) in [6.07, 6.45) is 4.31. The van der Waals surface area contributed by atoms with Crippen LogP contribution in [-0.4, -0.2) is 22.1 Å². The molecule has 2 rings (SSSR count). The minimum Gasteiger partial charge on any atom is -0.409 e. The van der Waals surface area contributed by atoms with Crippen LogP contribution in [0.25, 0.3) is 0 Å². The molecule has 0 aromatic rings. The van der Waals surface area contributed by atoms with E-state index in [9.17, 15) is 0 Å². The first kappa shape index (κ1) is 8.50. The molecule has 0 saturated heterocycles. The Balaban J connectivity index is 2.23. The lowest BCUT2D eigenvalue weighted by Crippen LogP contribution is -2.31. The average Bonchev–Trinajstić information content (AvgIpc) is 2.56. The van der Waals surface area contributed by atoms with E-state index < -0.39 is 0 Å². The second-order valence-corrected chi connectivity index (χ2v) is 3.56. The van der Waals surface area contributed by atoms with E-state index in [1.165, 1.54) is 0 Å². The van der Waals surface area contributed by atoms with Crippen molar-refractivity contribution in [2.75, 3.05) is 0 Å². The van der Waals surface area contributed by atoms with E-state index in [2.05, 4.69) is 15.6 Å². The van der Waals surface area contributed by atoms with Crippen LogP contribution in [0.15, 0.2) is 10.1 Å². The molecule has 0 unspecified atom stereocenters. The molecule has 5 heteroatoms. The number of rotatable bonds is 0. The number of amidine groups is 2. The second-order valence-electron chi connectivity index (χ2n) is 3.56. The number of hydrogen-bond acceptors (Lipinski definition) is 4. The molecular formula is C8H13N3O2. The molecule has 0 aromatic heterocycles. The van der Waals surface area contributed by atoms with Crippen LogP contribution >= 0.6 is 0 Å². The molecule has 0 spiro atoms. The Morgan fingerprint density at radius 1 is 1.31 bits per heavy atom. The molecule has 13 heavy (non-hydrogen) atoms. The zero-order chi connectivity index (χ0) is 9.26. The minimum atomic E-state index is 0.202. The van der Waals surface area contributed by atoms with Crippen molar-refractivity contribution >= 4 is 11.7 Å². The third-order valence-electron chi connectivity index (χ3n) is 2.90. The largest absolute Gasteiger partial charge is 0.409 e. The highest BCUT2D eigenvalue weighted by Gasteiger charge is 2.38. The highest BCUT2D eigenvalue weighted by Crippen LogP contribution is 2.35. The maximum atomic E-state index is 8.80. The Labute approximate surface area is 76.1 Å². The summed E-state index contributed by atoms with van der Waals surface area (Å²) in [6, 6.07) is 0. The molecule has 0 radical (unpaired) electrons. The van der Waals surface area contributed by atoms with E-state index in [1.807, 2.05) is 0 Å². The van der Waals surface area contributed by atoms with Gasteiger partial charge in [0.2, 0.25) is 0 Å². The van der Waals surface area contributed by atoms with Gasteiger partial charge in [0.25, 0.3) is 0 Å². The molecular weight excluding hydrogens is 170 g/mol. The third-order valence-corrected chi connectivity index (χ3v) is 2.90. The van der Waals surface area contributed by atoms with Crippen molar-refractivity contribution in [2.24, 2.45) is 22.0 Å². The number of nitrogens with zero attached hydrogens (tertiary/aromatic N) is 2. The van der Waals surface area contributed by atoms with Crippen LogP contribution in [0.2, 0.25) is 0 Å². The van der Waals surface area contributed by atoms with Gasteiger partial charge in [0, 0.05) is 11.8 Å². The van der Waals surface area contributed by atoms with Crippen LogP contribution in [0, 0.1) is 11.8 Å². The summed E-state index contributed by atoms with van der Waals surface area (Å²) in [6.45, 7) is 0. The van der Waals surface area contributed by atoms with Crippen molar-refractivity contribution in [3.63, 3.8) is 0 Å². The fourth-order valence-electron chi connectivity index (χ4n) is 2.26. The molecule has 0 bridgehead atoms. The lowest BCUT2D eigenvalue weighted by atomic mass is 9.80. The fourth-order valence-corrected chi connectivity index (χ4v) is 2.26. The van der Waals surface area contributed by atoms with Crippen LogP contribution in [0.1, 0.15) is 25.7 Å². The summed E-state index contributed by atoms with van der Waals surface area (Å²) >= 11 is 0. The van der Waals surface area contributed by atoms with Gasteiger partial charge < -0.3 is 5.21 Å². The van der Waals surface area contributed by atoms with Crippen LogP contribution in [0.4, 0.5) is 0 Å². The van der Waals surface area contributed by atoms with Crippen molar-refractivity contribution in [2.45, 2.75) is 25.7 Å². The van der Waals surface area contributed by atoms with Crippen molar-refractivity contribution in [3.05, 3.63) is 0 Å². The summed E-state index contributed by atoms with van der Waals surface area (Å²) in [5.74, 6) is 1.44. The van der Waals surface area contributed by atoms with Crippen molar-refractivity contribution in [3.8, 4) is 0 Å². The highest BCUT2D eigenvalue weighted by molar-refractivity contribution is 6.06. The number of hydrogen-bond donors (Lipinski definition) is 3.